The second-order valence-corrected chi connectivity index (χ2v) is 12.3. The van der Waals surface area contributed by atoms with Crippen molar-refractivity contribution >= 4 is 66.0 Å². The zero-order chi connectivity index (χ0) is 31.5. The molecule has 224 valence electrons. The molecule has 0 spiro atoms. The molecule has 0 saturated carbocycles. The number of carbonyl (C=O) groups excluding carboxylic acids is 1. The van der Waals surface area contributed by atoms with Crippen LogP contribution in [-0.4, -0.2) is 28.9 Å². The number of furan rings is 1. The predicted octanol–water partition coefficient (Wildman–Crippen LogP) is 5.83. The van der Waals surface area contributed by atoms with Crippen LogP contribution < -0.4 is 16.0 Å². The molecule has 7 aromatic rings. The monoisotopic (exact) mass is 641 g/mol. The number of hydrogen-bond acceptors (Lipinski definition) is 7. The summed E-state index contributed by atoms with van der Waals surface area (Å²) in [6, 6.07) is 20.4. The first-order chi connectivity index (χ1) is 21.6. The molecule has 4 aromatic heterocycles. The van der Waals surface area contributed by atoms with Gasteiger partial charge in [0.05, 0.1) is 45.9 Å². The van der Waals surface area contributed by atoms with Gasteiger partial charge in [0.25, 0.3) is 21.5 Å². The number of pyridine rings is 2. The van der Waals surface area contributed by atoms with Crippen LogP contribution >= 0.6 is 11.6 Å². The number of amides is 1. The number of anilines is 1. The summed E-state index contributed by atoms with van der Waals surface area (Å²) in [6.45, 7) is -0.153. The fourth-order valence-corrected chi connectivity index (χ4v) is 6.85. The highest BCUT2D eigenvalue weighted by Crippen LogP contribution is 2.41. The Labute approximate surface area is 258 Å². The highest BCUT2D eigenvalue weighted by Gasteiger charge is 2.32. The Kier molecular flexibility index (Phi) is 6.68. The van der Waals surface area contributed by atoms with Gasteiger partial charge < -0.3 is 19.7 Å². The van der Waals surface area contributed by atoms with Gasteiger partial charge in [-0.15, -0.1) is 0 Å². The Morgan fingerprint density at radius 1 is 1.07 bits per heavy atom. The Morgan fingerprint density at radius 2 is 1.84 bits per heavy atom. The van der Waals surface area contributed by atoms with E-state index in [1.54, 1.807) is 24.3 Å². The molecule has 13 heteroatoms. The summed E-state index contributed by atoms with van der Waals surface area (Å²) < 4.78 is 51.7. The molecule has 0 unspecified atom stereocenters. The number of halogens is 2. The molecule has 7 rings (SSSR count). The number of H-pyrrole nitrogens is 1. The number of nitrogens with one attached hydrogen (secondary N) is 2. The second kappa shape index (κ2) is 10.6. The average Bonchev–Trinajstić information content (AvgIpc) is 3.62. The third-order valence-corrected chi connectivity index (χ3v) is 9.27. The van der Waals surface area contributed by atoms with Crippen LogP contribution in [0.5, 0.6) is 0 Å². The number of nitrogens with zero attached hydrogens (tertiary/aromatic N) is 2. The maximum atomic E-state index is 15.5. The van der Waals surface area contributed by atoms with E-state index in [9.17, 15) is 18.0 Å². The van der Waals surface area contributed by atoms with Crippen molar-refractivity contribution in [2.24, 2.45) is 0 Å². The molecule has 0 aliphatic carbocycles. The predicted molar refractivity (Wildman–Crippen MR) is 169 cm³/mol. The Morgan fingerprint density at radius 3 is 2.64 bits per heavy atom. The van der Waals surface area contributed by atoms with E-state index in [4.69, 9.17) is 21.8 Å². The minimum atomic E-state index is -4.51. The molecular formula is C32H21ClFN5O5S. The summed E-state index contributed by atoms with van der Waals surface area (Å²) in [5.41, 5.74) is 6.37. The van der Waals surface area contributed by atoms with Gasteiger partial charge >= 0.3 is 0 Å². The molecule has 45 heavy (non-hydrogen) atoms. The van der Waals surface area contributed by atoms with Crippen molar-refractivity contribution in [2.75, 3.05) is 5.73 Å². The number of aromatic nitrogens is 3. The zero-order valence-electron chi connectivity index (χ0n) is 23.0. The van der Waals surface area contributed by atoms with E-state index in [1.807, 2.05) is 18.2 Å². The lowest BCUT2D eigenvalue weighted by molar-refractivity contribution is 0.0974. The lowest BCUT2D eigenvalue weighted by atomic mass is 10.0. The molecule has 4 heterocycles. The quantitative estimate of drug-likeness (QED) is 0.152. The standard InChI is InChI=1S/C32H21ClFN5O5S/c33-30-18(14-17-6-1-3-9-23(17)37-30)16-39-24-15-21(34)19-11-13-44-29(19)27(24)26(20-7-5-12-36-31(20)40)28(39)32(41)38-45(42,43)25-10-4-2-8-22(25)35/h1-15H,16,35H2,(H,36,40)(H,38,41). The van der Waals surface area contributed by atoms with Gasteiger partial charge in [0.15, 0.2) is 0 Å². The van der Waals surface area contributed by atoms with Gasteiger partial charge in [0.2, 0.25) is 0 Å². The minimum absolute atomic E-state index is 0.0232. The SMILES string of the molecule is Nc1ccccc1S(=O)(=O)NC(=O)c1c(-c2ccc[nH]c2=O)c2c3occc3c(F)cc2n1Cc1cc2ccccc2nc1Cl. The largest absolute Gasteiger partial charge is 0.463 e. The highest BCUT2D eigenvalue weighted by atomic mass is 35.5. The molecular weight excluding hydrogens is 621 g/mol. The molecule has 1 amide bonds. The molecule has 0 fully saturated rings. The van der Waals surface area contributed by atoms with Gasteiger partial charge in [0.1, 0.15) is 27.1 Å². The number of nitrogen functional groups attached to an aromatic ring is 1. The van der Waals surface area contributed by atoms with E-state index in [0.29, 0.717) is 11.1 Å². The van der Waals surface area contributed by atoms with Crippen molar-refractivity contribution in [3.8, 4) is 11.1 Å². The maximum absolute atomic E-state index is 15.5. The molecule has 0 aliphatic rings. The smallest absolute Gasteiger partial charge is 0.282 e. The van der Waals surface area contributed by atoms with E-state index in [2.05, 4.69) is 14.7 Å². The number of hydrogen-bond donors (Lipinski definition) is 3. The van der Waals surface area contributed by atoms with E-state index in [-0.39, 0.29) is 61.0 Å². The average molecular weight is 642 g/mol. The molecule has 0 saturated heterocycles. The van der Waals surface area contributed by atoms with E-state index in [0.717, 1.165) is 5.39 Å². The van der Waals surface area contributed by atoms with Crippen LogP contribution in [0.25, 0.3) is 43.9 Å². The van der Waals surface area contributed by atoms with Gasteiger partial charge in [-0.3, -0.25) is 9.59 Å². The molecule has 10 nitrogen and oxygen atoms in total. The van der Waals surface area contributed by atoms with Crippen LogP contribution in [0.4, 0.5) is 10.1 Å². The van der Waals surface area contributed by atoms with Crippen LogP contribution in [0.1, 0.15) is 16.1 Å². The van der Waals surface area contributed by atoms with Gasteiger partial charge in [-0.05, 0) is 48.5 Å². The van der Waals surface area contributed by atoms with E-state index < -0.39 is 27.3 Å². The summed E-state index contributed by atoms with van der Waals surface area (Å²) in [5, 5.41) is 1.20. The lowest BCUT2D eigenvalue weighted by Crippen LogP contribution is -2.33. The van der Waals surface area contributed by atoms with Crippen molar-refractivity contribution in [3.05, 3.63) is 124 Å². The topological polar surface area (TPSA) is 153 Å². The van der Waals surface area contributed by atoms with Crippen LogP contribution in [-0.2, 0) is 16.6 Å². The summed E-state index contributed by atoms with van der Waals surface area (Å²) in [6.07, 6.45) is 2.70. The van der Waals surface area contributed by atoms with Crippen molar-refractivity contribution in [1.29, 1.82) is 0 Å². The van der Waals surface area contributed by atoms with Crippen LogP contribution in [0.2, 0.25) is 5.15 Å². The summed E-state index contributed by atoms with van der Waals surface area (Å²) in [5.74, 6) is -1.75. The number of nitrogens with two attached hydrogens (primary N) is 1. The molecule has 0 aliphatic heterocycles. The second-order valence-electron chi connectivity index (χ2n) is 10.2. The first kappa shape index (κ1) is 28.3. The van der Waals surface area contributed by atoms with Gasteiger partial charge in [-0.2, -0.15) is 0 Å². The van der Waals surface area contributed by atoms with Crippen molar-refractivity contribution in [2.45, 2.75) is 11.4 Å². The minimum Gasteiger partial charge on any atom is -0.463 e. The highest BCUT2D eigenvalue weighted by molar-refractivity contribution is 7.90. The van der Waals surface area contributed by atoms with E-state index >= 15 is 4.39 Å². The summed E-state index contributed by atoms with van der Waals surface area (Å²) in [7, 11) is -4.51. The number of benzene rings is 3. The summed E-state index contributed by atoms with van der Waals surface area (Å²) >= 11 is 6.62. The van der Waals surface area contributed by atoms with Crippen molar-refractivity contribution < 1.29 is 22.0 Å². The third kappa shape index (κ3) is 4.71. The molecule has 0 radical (unpaired) electrons. The van der Waals surface area contributed by atoms with Crippen LogP contribution in [0.15, 0.2) is 105 Å². The fraction of sp³-hybridized carbons (Fsp3) is 0.0312. The number of carbonyl (C=O) groups is 1. The first-order valence-electron chi connectivity index (χ1n) is 13.5. The lowest BCUT2D eigenvalue weighted by Gasteiger charge is -2.15. The van der Waals surface area contributed by atoms with Crippen molar-refractivity contribution in [3.63, 3.8) is 0 Å². The Balaban J connectivity index is 1.55. The molecule has 0 bridgehead atoms. The van der Waals surface area contributed by atoms with Crippen LogP contribution in [0, 0.1) is 5.82 Å². The Bertz CT molecular complexity index is 2500. The molecule has 4 N–H and O–H groups in total. The van der Waals surface area contributed by atoms with Gasteiger partial charge in [-0.25, -0.2) is 22.5 Å². The molecule has 0 atom stereocenters. The first-order valence-corrected chi connectivity index (χ1v) is 15.4. The number of fused-ring (bicyclic) bond motifs is 4. The normalized spacial score (nSPS) is 11.9. The van der Waals surface area contributed by atoms with E-state index in [1.165, 1.54) is 53.4 Å². The Hall–Kier alpha value is -5.46. The number of sulfonamides is 1. The van der Waals surface area contributed by atoms with Crippen LogP contribution in [0.3, 0.4) is 0 Å². The van der Waals surface area contributed by atoms with Gasteiger partial charge in [-0.1, -0.05) is 41.9 Å². The number of para-hydroxylation sites is 2. The fourth-order valence-electron chi connectivity index (χ4n) is 5.55. The third-order valence-electron chi connectivity index (χ3n) is 7.53. The van der Waals surface area contributed by atoms with Gasteiger partial charge in [0, 0.05) is 22.7 Å². The zero-order valence-corrected chi connectivity index (χ0v) is 24.6. The summed E-state index contributed by atoms with van der Waals surface area (Å²) in [4.78, 5) is 34.2. The maximum Gasteiger partial charge on any atom is 0.282 e. The number of rotatable bonds is 6. The van der Waals surface area contributed by atoms with Crippen molar-refractivity contribution in [1.82, 2.24) is 19.3 Å². The number of aromatic amines is 1. The molecule has 3 aromatic carbocycles.